The molecule has 0 saturated heterocycles. The van der Waals surface area contributed by atoms with Crippen molar-refractivity contribution in [2.24, 2.45) is 0 Å². The molecule has 0 heterocycles. The second-order valence-corrected chi connectivity index (χ2v) is 3.90. The molecule has 0 spiro atoms. The van der Waals surface area contributed by atoms with E-state index in [1.165, 1.54) is 32.0 Å². The van der Waals surface area contributed by atoms with Gasteiger partial charge in [0, 0.05) is 6.07 Å². The van der Waals surface area contributed by atoms with Gasteiger partial charge in [-0.2, -0.15) is 0 Å². The minimum atomic E-state index is -1.45. The van der Waals surface area contributed by atoms with Gasteiger partial charge < -0.3 is 15.2 Å². The van der Waals surface area contributed by atoms with Gasteiger partial charge in [0.1, 0.15) is 17.1 Å². The first-order chi connectivity index (χ1) is 7.81. The van der Waals surface area contributed by atoms with Gasteiger partial charge in [0.25, 0.3) is 0 Å². The monoisotopic (exact) mass is 241 g/mol. The Bertz CT molecular complexity index is 445. The molecular weight excluding hydrogens is 229 g/mol. The Balaban J connectivity index is 2.65. The molecule has 0 aliphatic rings. The lowest BCUT2D eigenvalue weighted by atomic mass is 10.1. The molecule has 0 aromatic heterocycles. The Morgan fingerprint density at radius 3 is 2.59 bits per heavy atom. The van der Waals surface area contributed by atoms with E-state index in [2.05, 4.69) is 5.32 Å². The fourth-order valence-electron chi connectivity index (χ4n) is 0.972. The summed E-state index contributed by atoms with van der Waals surface area (Å²) < 4.78 is 17.5. The number of hydrogen-bond donors (Lipinski definition) is 2. The molecule has 0 unspecified atom stereocenters. The number of amides is 1. The van der Waals surface area contributed by atoms with Crippen LogP contribution >= 0.6 is 0 Å². The number of carbonyl (C=O) groups is 2. The van der Waals surface area contributed by atoms with Gasteiger partial charge in [-0.3, -0.25) is 0 Å². The predicted molar refractivity (Wildman–Crippen MR) is 57.3 cm³/mol. The largest absolute Gasteiger partial charge is 0.480 e. The van der Waals surface area contributed by atoms with Crippen LogP contribution in [-0.2, 0) is 4.79 Å². The van der Waals surface area contributed by atoms with E-state index >= 15 is 0 Å². The van der Waals surface area contributed by atoms with Crippen LogP contribution in [0, 0.1) is 5.82 Å². The molecule has 1 amide bonds. The van der Waals surface area contributed by atoms with Gasteiger partial charge in [0.05, 0.1) is 0 Å². The fourth-order valence-corrected chi connectivity index (χ4v) is 0.972. The van der Waals surface area contributed by atoms with Crippen LogP contribution in [0.15, 0.2) is 24.3 Å². The molecule has 0 saturated carbocycles. The molecule has 6 heteroatoms. The van der Waals surface area contributed by atoms with Crippen molar-refractivity contribution in [3.05, 3.63) is 30.1 Å². The average Bonchev–Trinajstić information content (AvgIpc) is 2.15. The molecule has 1 rings (SSSR count). The van der Waals surface area contributed by atoms with Gasteiger partial charge in [-0.15, -0.1) is 0 Å². The highest BCUT2D eigenvalue weighted by atomic mass is 19.1. The molecule has 2 N–H and O–H groups in total. The van der Waals surface area contributed by atoms with Crippen molar-refractivity contribution in [2.45, 2.75) is 19.4 Å². The van der Waals surface area contributed by atoms with Crippen LogP contribution in [-0.4, -0.2) is 22.7 Å². The van der Waals surface area contributed by atoms with E-state index in [1.54, 1.807) is 0 Å². The topological polar surface area (TPSA) is 75.6 Å². The molecule has 0 fully saturated rings. The molecule has 0 aliphatic carbocycles. The number of aliphatic carboxylic acids is 1. The summed E-state index contributed by atoms with van der Waals surface area (Å²) in [5.41, 5.74) is -1.45. The van der Waals surface area contributed by atoms with Crippen LogP contribution in [0.4, 0.5) is 9.18 Å². The number of carboxylic acid groups (broad SMARTS) is 1. The molecule has 0 bridgehead atoms. The Morgan fingerprint density at radius 1 is 1.41 bits per heavy atom. The molecule has 17 heavy (non-hydrogen) atoms. The molecule has 0 atom stereocenters. The standard InChI is InChI=1S/C11H12FNO4/c1-11(2,9(14)15)13-10(16)17-8-5-3-4-7(12)6-8/h3-6H,1-2H3,(H,13,16)(H,14,15). The number of ether oxygens (including phenoxy) is 1. The number of benzene rings is 1. The van der Waals surface area contributed by atoms with Crippen molar-refractivity contribution in [2.75, 3.05) is 0 Å². The maximum absolute atomic E-state index is 12.8. The summed E-state index contributed by atoms with van der Waals surface area (Å²) >= 11 is 0. The third-order valence-electron chi connectivity index (χ3n) is 1.96. The van der Waals surface area contributed by atoms with E-state index in [0.29, 0.717) is 0 Å². The van der Waals surface area contributed by atoms with Crippen molar-refractivity contribution >= 4 is 12.1 Å². The second kappa shape index (κ2) is 4.82. The summed E-state index contributed by atoms with van der Waals surface area (Å²) in [6.45, 7) is 2.62. The normalized spacial score (nSPS) is 10.8. The lowest BCUT2D eigenvalue weighted by molar-refractivity contribution is -0.143. The maximum atomic E-state index is 12.8. The Hall–Kier alpha value is -2.11. The number of hydrogen-bond acceptors (Lipinski definition) is 3. The van der Waals surface area contributed by atoms with Crippen molar-refractivity contribution in [1.29, 1.82) is 0 Å². The highest BCUT2D eigenvalue weighted by Gasteiger charge is 2.29. The van der Waals surface area contributed by atoms with E-state index in [9.17, 15) is 14.0 Å². The third-order valence-corrected chi connectivity index (χ3v) is 1.96. The minimum absolute atomic E-state index is 0.00342. The molecule has 0 aliphatic heterocycles. The average molecular weight is 241 g/mol. The van der Waals surface area contributed by atoms with Gasteiger partial charge in [-0.05, 0) is 26.0 Å². The number of carbonyl (C=O) groups excluding carboxylic acids is 1. The van der Waals surface area contributed by atoms with Gasteiger partial charge >= 0.3 is 12.1 Å². The first kappa shape index (κ1) is 13.0. The van der Waals surface area contributed by atoms with Gasteiger partial charge in [0.2, 0.25) is 0 Å². The molecule has 1 aromatic carbocycles. The molecule has 1 aromatic rings. The summed E-state index contributed by atoms with van der Waals surface area (Å²) in [7, 11) is 0. The number of rotatable bonds is 3. The fraction of sp³-hybridized carbons (Fsp3) is 0.273. The van der Waals surface area contributed by atoms with E-state index in [1.807, 2.05) is 0 Å². The minimum Gasteiger partial charge on any atom is -0.480 e. The zero-order valence-corrected chi connectivity index (χ0v) is 9.36. The lowest BCUT2D eigenvalue weighted by Crippen LogP contribution is -2.50. The van der Waals surface area contributed by atoms with Crippen LogP contribution in [0.1, 0.15) is 13.8 Å². The Labute approximate surface area is 97.2 Å². The van der Waals surface area contributed by atoms with Gasteiger partial charge in [-0.25, -0.2) is 14.0 Å². The smallest absolute Gasteiger partial charge is 0.413 e. The van der Waals surface area contributed by atoms with Crippen molar-refractivity contribution in [1.82, 2.24) is 5.32 Å². The summed E-state index contributed by atoms with van der Waals surface area (Å²) in [6, 6.07) is 4.98. The first-order valence-electron chi connectivity index (χ1n) is 4.80. The van der Waals surface area contributed by atoms with E-state index < -0.39 is 23.4 Å². The zero-order valence-electron chi connectivity index (χ0n) is 9.36. The maximum Gasteiger partial charge on any atom is 0.413 e. The van der Waals surface area contributed by atoms with Crippen LogP contribution < -0.4 is 10.1 Å². The van der Waals surface area contributed by atoms with E-state index in [0.717, 1.165) is 6.07 Å². The highest BCUT2D eigenvalue weighted by molar-refractivity contribution is 5.84. The highest BCUT2D eigenvalue weighted by Crippen LogP contribution is 2.12. The Morgan fingerprint density at radius 2 is 2.06 bits per heavy atom. The van der Waals surface area contributed by atoms with E-state index in [-0.39, 0.29) is 5.75 Å². The number of nitrogens with one attached hydrogen (secondary N) is 1. The second-order valence-electron chi connectivity index (χ2n) is 3.90. The van der Waals surface area contributed by atoms with Crippen molar-refractivity contribution < 1.29 is 23.8 Å². The molecule has 5 nitrogen and oxygen atoms in total. The van der Waals surface area contributed by atoms with Gasteiger partial charge in [0.15, 0.2) is 0 Å². The number of halogens is 1. The zero-order chi connectivity index (χ0) is 13.1. The third kappa shape index (κ3) is 3.75. The van der Waals surface area contributed by atoms with Gasteiger partial charge in [-0.1, -0.05) is 6.07 Å². The van der Waals surface area contributed by atoms with Crippen LogP contribution in [0.25, 0.3) is 0 Å². The van der Waals surface area contributed by atoms with E-state index in [4.69, 9.17) is 9.84 Å². The number of carboxylic acids is 1. The van der Waals surface area contributed by atoms with Crippen LogP contribution in [0.3, 0.4) is 0 Å². The van der Waals surface area contributed by atoms with Crippen LogP contribution in [0.2, 0.25) is 0 Å². The first-order valence-corrected chi connectivity index (χ1v) is 4.80. The molecule has 92 valence electrons. The summed E-state index contributed by atoms with van der Waals surface area (Å²) in [4.78, 5) is 22.1. The summed E-state index contributed by atoms with van der Waals surface area (Å²) in [6.07, 6.45) is -0.956. The van der Waals surface area contributed by atoms with Crippen molar-refractivity contribution in [3.63, 3.8) is 0 Å². The Kier molecular flexibility index (Phi) is 3.67. The molecular formula is C11H12FNO4. The summed E-state index contributed by atoms with van der Waals surface area (Å²) in [5.74, 6) is -1.75. The quantitative estimate of drug-likeness (QED) is 0.845. The SMILES string of the molecule is CC(C)(NC(=O)Oc1cccc(F)c1)C(=O)O. The summed E-state index contributed by atoms with van der Waals surface area (Å²) in [5, 5.41) is 10.9. The predicted octanol–water partition coefficient (Wildman–Crippen LogP) is 1.78. The molecule has 0 radical (unpaired) electrons. The lowest BCUT2D eigenvalue weighted by Gasteiger charge is -2.20. The van der Waals surface area contributed by atoms with Crippen molar-refractivity contribution in [3.8, 4) is 5.75 Å². The van der Waals surface area contributed by atoms with Crippen LogP contribution in [0.5, 0.6) is 5.75 Å².